The van der Waals surface area contributed by atoms with Crippen LogP contribution in [0.5, 0.6) is 0 Å². The summed E-state index contributed by atoms with van der Waals surface area (Å²) in [5.74, 6) is -2.48. The molecule has 2 aliphatic carbocycles. The van der Waals surface area contributed by atoms with E-state index in [0.717, 1.165) is 6.42 Å². The van der Waals surface area contributed by atoms with Gasteiger partial charge in [-0.05, 0) is 29.7 Å². The number of hydrogen-bond donors (Lipinski definition) is 2. The third-order valence-electron chi connectivity index (χ3n) is 4.07. The third kappa shape index (κ3) is 1.91. The summed E-state index contributed by atoms with van der Waals surface area (Å²) >= 11 is 1.27. The molecular weight excluding hydrogens is 276 g/mol. The molecule has 1 aromatic heterocycles. The summed E-state index contributed by atoms with van der Waals surface area (Å²) in [5, 5.41) is 23.2. The van der Waals surface area contributed by atoms with E-state index in [1.165, 1.54) is 11.3 Å². The lowest BCUT2D eigenvalue weighted by Crippen LogP contribution is -2.36. The summed E-state index contributed by atoms with van der Waals surface area (Å²) in [6.45, 7) is 0. The van der Waals surface area contributed by atoms with Crippen molar-refractivity contribution < 1.29 is 14.7 Å². The molecule has 5 nitrogen and oxygen atoms in total. The van der Waals surface area contributed by atoms with Crippen molar-refractivity contribution in [3.8, 4) is 6.07 Å². The van der Waals surface area contributed by atoms with Gasteiger partial charge in [0.15, 0.2) is 0 Å². The molecule has 1 heterocycles. The number of allylic oxidation sites excluding steroid dienone is 2. The zero-order chi connectivity index (χ0) is 14.3. The van der Waals surface area contributed by atoms with Gasteiger partial charge in [0.1, 0.15) is 11.1 Å². The van der Waals surface area contributed by atoms with Crippen LogP contribution in [-0.2, 0) is 9.59 Å². The van der Waals surface area contributed by atoms with Crippen molar-refractivity contribution in [3.05, 3.63) is 29.2 Å². The lowest BCUT2D eigenvalue weighted by atomic mass is 9.82. The maximum atomic E-state index is 12.4. The maximum absolute atomic E-state index is 12.4. The Morgan fingerprint density at radius 1 is 1.35 bits per heavy atom. The Morgan fingerprint density at radius 3 is 2.70 bits per heavy atom. The number of nitriles is 1. The van der Waals surface area contributed by atoms with Gasteiger partial charge in [0, 0.05) is 0 Å². The van der Waals surface area contributed by atoms with Gasteiger partial charge in [0.25, 0.3) is 0 Å². The van der Waals surface area contributed by atoms with Gasteiger partial charge >= 0.3 is 5.97 Å². The van der Waals surface area contributed by atoms with E-state index in [9.17, 15) is 14.7 Å². The number of anilines is 1. The van der Waals surface area contributed by atoms with Crippen LogP contribution in [0, 0.1) is 35.0 Å². The molecule has 2 bridgehead atoms. The van der Waals surface area contributed by atoms with Crippen molar-refractivity contribution in [3.63, 3.8) is 0 Å². The van der Waals surface area contributed by atoms with Gasteiger partial charge < -0.3 is 10.4 Å². The van der Waals surface area contributed by atoms with Gasteiger partial charge in [0.05, 0.1) is 17.4 Å². The second-order valence-electron chi connectivity index (χ2n) is 5.10. The molecule has 0 radical (unpaired) electrons. The van der Waals surface area contributed by atoms with Crippen molar-refractivity contribution in [1.29, 1.82) is 5.26 Å². The number of carboxylic acids is 1. The molecule has 1 aromatic rings. The van der Waals surface area contributed by atoms with E-state index in [2.05, 4.69) is 5.32 Å². The van der Waals surface area contributed by atoms with Crippen LogP contribution in [0.4, 0.5) is 5.00 Å². The number of aliphatic carboxylic acids is 1. The maximum Gasteiger partial charge on any atom is 0.307 e. The Labute approximate surface area is 119 Å². The van der Waals surface area contributed by atoms with Crippen molar-refractivity contribution >= 4 is 28.2 Å². The molecule has 6 heteroatoms. The van der Waals surface area contributed by atoms with Crippen molar-refractivity contribution in [2.45, 2.75) is 6.42 Å². The van der Waals surface area contributed by atoms with Crippen molar-refractivity contribution in [1.82, 2.24) is 0 Å². The van der Waals surface area contributed by atoms with E-state index in [1.807, 2.05) is 18.2 Å². The molecule has 1 fully saturated rings. The minimum Gasteiger partial charge on any atom is -0.481 e. The van der Waals surface area contributed by atoms with Crippen LogP contribution in [0.15, 0.2) is 23.6 Å². The quantitative estimate of drug-likeness (QED) is 0.833. The molecule has 20 heavy (non-hydrogen) atoms. The molecule has 0 spiro atoms. The Balaban J connectivity index is 1.82. The van der Waals surface area contributed by atoms with E-state index in [0.29, 0.717) is 10.6 Å². The highest BCUT2D eigenvalue weighted by Crippen LogP contribution is 2.48. The summed E-state index contributed by atoms with van der Waals surface area (Å²) in [6.07, 6.45) is 4.57. The zero-order valence-electron chi connectivity index (χ0n) is 10.4. The van der Waals surface area contributed by atoms with E-state index < -0.39 is 17.8 Å². The number of nitrogens with zero attached hydrogens (tertiary/aromatic N) is 1. The van der Waals surface area contributed by atoms with Gasteiger partial charge in [-0.2, -0.15) is 5.26 Å². The summed E-state index contributed by atoms with van der Waals surface area (Å²) < 4.78 is 0. The van der Waals surface area contributed by atoms with Crippen LogP contribution in [0.2, 0.25) is 0 Å². The highest BCUT2D eigenvalue weighted by molar-refractivity contribution is 7.14. The SMILES string of the molecule is N#Cc1ccsc1NC(=O)[C@H]1[C@@H](C(=O)O)[C@H]2C=C[C@@H]1C2. The summed E-state index contributed by atoms with van der Waals surface area (Å²) in [5.41, 5.74) is 0.411. The Hall–Kier alpha value is -2.13. The van der Waals surface area contributed by atoms with E-state index >= 15 is 0 Å². The molecule has 3 rings (SSSR count). The smallest absolute Gasteiger partial charge is 0.307 e. The third-order valence-corrected chi connectivity index (χ3v) is 4.90. The summed E-state index contributed by atoms with van der Waals surface area (Å²) in [7, 11) is 0. The van der Waals surface area contributed by atoms with Gasteiger partial charge in [-0.3, -0.25) is 9.59 Å². The predicted octanol–water partition coefficient (Wildman–Crippen LogP) is 2.08. The van der Waals surface area contributed by atoms with E-state index in [4.69, 9.17) is 5.26 Å². The molecule has 0 aromatic carbocycles. The first kappa shape index (κ1) is 12.9. The number of fused-ring (bicyclic) bond motifs is 2. The molecule has 1 amide bonds. The molecule has 2 N–H and O–H groups in total. The average molecular weight is 288 g/mol. The van der Waals surface area contributed by atoms with Gasteiger partial charge in [-0.15, -0.1) is 11.3 Å². The first-order valence-electron chi connectivity index (χ1n) is 6.31. The second kappa shape index (κ2) is 4.76. The Morgan fingerprint density at radius 2 is 2.05 bits per heavy atom. The monoisotopic (exact) mass is 288 g/mol. The number of carbonyl (C=O) groups excluding carboxylic acids is 1. The molecular formula is C14H12N2O3S. The second-order valence-corrected chi connectivity index (χ2v) is 6.02. The van der Waals surface area contributed by atoms with Crippen LogP contribution in [-0.4, -0.2) is 17.0 Å². The predicted molar refractivity (Wildman–Crippen MR) is 73.0 cm³/mol. The zero-order valence-corrected chi connectivity index (χ0v) is 11.3. The van der Waals surface area contributed by atoms with E-state index in [-0.39, 0.29) is 17.7 Å². The van der Waals surface area contributed by atoms with Crippen LogP contribution in [0.25, 0.3) is 0 Å². The number of thiophene rings is 1. The standard InChI is InChI=1S/C14H12N2O3S/c15-6-9-3-4-20-13(9)16-12(17)10-7-1-2-8(5-7)11(10)14(18)19/h1-4,7-8,10-11H,5H2,(H,16,17)(H,18,19)/t7-,8+,10-,11+/m1/s1. The van der Waals surface area contributed by atoms with Gasteiger partial charge in [-0.1, -0.05) is 12.2 Å². The Bertz CT molecular complexity index is 643. The number of carboxylic acid groups (broad SMARTS) is 1. The minimum absolute atomic E-state index is 0.00778. The van der Waals surface area contributed by atoms with Gasteiger partial charge in [0.2, 0.25) is 5.91 Å². The first-order valence-corrected chi connectivity index (χ1v) is 7.19. The van der Waals surface area contributed by atoms with Crippen LogP contribution in [0.3, 0.4) is 0 Å². The number of carbonyl (C=O) groups is 2. The minimum atomic E-state index is -0.923. The van der Waals surface area contributed by atoms with Crippen LogP contribution < -0.4 is 5.32 Å². The summed E-state index contributed by atoms with van der Waals surface area (Å²) in [4.78, 5) is 23.7. The fraction of sp³-hybridized carbons (Fsp3) is 0.357. The lowest BCUT2D eigenvalue weighted by Gasteiger charge is -2.23. The average Bonchev–Trinajstić information content (AvgIpc) is 3.12. The topological polar surface area (TPSA) is 90.2 Å². The number of hydrogen-bond acceptors (Lipinski definition) is 4. The molecule has 0 aliphatic heterocycles. The first-order chi connectivity index (χ1) is 9.61. The van der Waals surface area contributed by atoms with Crippen molar-refractivity contribution in [2.75, 3.05) is 5.32 Å². The normalized spacial score (nSPS) is 30.1. The molecule has 0 saturated heterocycles. The summed E-state index contributed by atoms with van der Waals surface area (Å²) in [6, 6.07) is 3.64. The number of rotatable bonds is 3. The lowest BCUT2D eigenvalue weighted by molar-refractivity contribution is -0.146. The fourth-order valence-electron chi connectivity index (χ4n) is 3.21. The number of nitrogens with one attached hydrogen (secondary N) is 1. The molecule has 102 valence electrons. The van der Waals surface area contributed by atoms with Crippen LogP contribution in [0.1, 0.15) is 12.0 Å². The molecule has 0 unspecified atom stereocenters. The molecule has 1 saturated carbocycles. The van der Waals surface area contributed by atoms with Crippen LogP contribution >= 0.6 is 11.3 Å². The van der Waals surface area contributed by atoms with Crippen molar-refractivity contribution in [2.24, 2.45) is 23.7 Å². The van der Waals surface area contributed by atoms with Gasteiger partial charge in [-0.25, -0.2) is 0 Å². The fourth-order valence-corrected chi connectivity index (χ4v) is 3.95. The highest BCUT2D eigenvalue weighted by atomic mass is 32.1. The molecule has 2 aliphatic rings. The molecule has 4 atom stereocenters. The largest absolute Gasteiger partial charge is 0.481 e. The number of amides is 1. The Kier molecular flexibility index (Phi) is 3.07. The highest BCUT2D eigenvalue weighted by Gasteiger charge is 2.51. The van der Waals surface area contributed by atoms with E-state index in [1.54, 1.807) is 11.4 Å².